The number of hydrogen-bond acceptors (Lipinski definition) is 7. The molecule has 270 valence electrons. The second kappa shape index (κ2) is 14.4. The first-order chi connectivity index (χ1) is 24.7. The monoisotopic (exact) mass is 778 g/mol. The average Bonchev–Trinajstić information content (AvgIpc) is 3.41. The Hall–Kier alpha value is -5.28. The number of rotatable bonds is 9. The Labute approximate surface area is 304 Å². The van der Waals surface area contributed by atoms with Crippen molar-refractivity contribution in [1.29, 1.82) is 0 Å². The van der Waals surface area contributed by atoms with E-state index in [1.165, 1.54) is 39.7 Å². The molecule has 1 aliphatic rings. The molecule has 0 fully saturated rings. The fourth-order valence-electron chi connectivity index (χ4n) is 5.94. The summed E-state index contributed by atoms with van der Waals surface area (Å²) in [5, 5.41) is 12.7. The second-order valence-electron chi connectivity index (χ2n) is 12.8. The fraction of sp³-hybridized carbons (Fsp3) is 0.270. The van der Waals surface area contributed by atoms with Gasteiger partial charge in [0.15, 0.2) is 5.60 Å². The average molecular weight is 780 g/mol. The first kappa shape index (κ1) is 36.5. The zero-order valence-electron chi connectivity index (χ0n) is 28.3. The minimum Gasteiger partial charge on any atom is -0.490 e. The number of aliphatic hydroxyl groups is 1. The number of alkyl halides is 3. The predicted octanol–water partition coefficient (Wildman–Crippen LogP) is 5.83. The number of ether oxygens (including phenoxy) is 1. The van der Waals surface area contributed by atoms with Crippen molar-refractivity contribution in [2.24, 2.45) is 0 Å². The standard InChI is InChI=1S/C37H34BrF3N6O5/c1-22-16-24(8-13-29(22)38)34(49)45-19-31-32(33(48)43-17-25-6-4-5-7-28(25)30-14-15-42-21-44-30)47(35(50)46(31)18-23(45)2)26-9-11-27(12-10-26)52-20-36(3,51)37(39,40)41/h4-16,21,23,51H,17-20H2,1-3H3,(H,43,48)/t23-,36-/m0/s1. The summed E-state index contributed by atoms with van der Waals surface area (Å²) >= 11 is 3.46. The third-order valence-corrected chi connectivity index (χ3v) is 9.85. The Kier molecular flexibility index (Phi) is 10.1. The van der Waals surface area contributed by atoms with Gasteiger partial charge in [-0.2, -0.15) is 13.2 Å². The first-order valence-electron chi connectivity index (χ1n) is 16.2. The highest BCUT2D eigenvalue weighted by atomic mass is 79.9. The molecule has 2 aromatic heterocycles. The van der Waals surface area contributed by atoms with Crippen molar-refractivity contribution in [1.82, 2.24) is 29.3 Å². The SMILES string of the molecule is Cc1cc(C(=O)N2Cc3c(C(=O)NCc4ccccc4-c4ccncn4)n(-c4ccc(OC[C@](C)(O)C(F)(F)F)cc4)c(=O)n3C[C@@H]2C)ccc1Br. The van der Waals surface area contributed by atoms with E-state index in [9.17, 15) is 32.7 Å². The Morgan fingerprint density at radius 3 is 2.48 bits per heavy atom. The van der Waals surface area contributed by atoms with Gasteiger partial charge in [-0.25, -0.2) is 14.8 Å². The van der Waals surface area contributed by atoms with Crippen LogP contribution in [0.15, 0.2) is 94.6 Å². The van der Waals surface area contributed by atoms with Crippen molar-refractivity contribution in [2.75, 3.05) is 6.61 Å². The number of amides is 2. The molecule has 6 rings (SSSR count). The number of carbonyl (C=O) groups is 2. The molecule has 15 heteroatoms. The Morgan fingerprint density at radius 1 is 1.08 bits per heavy atom. The highest BCUT2D eigenvalue weighted by Crippen LogP contribution is 2.31. The third kappa shape index (κ3) is 7.23. The molecular weight excluding hydrogens is 745 g/mol. The molecule has 0 spiro atoms. The molecule has 0 aliphatic carbocycles. The Bertz CT molecular complexity index is 2190. The van der Waals surface area contributed by atoms with E-state index in [4.69, 9.17) is 4.74 Å². The van der Waals surface area contributed by atoms with Gasteiger partial charge in [-0.15, -0.1) is 0 Å². The lowest BCUT2D eigenvalue weighted by Crippen LogP contribution is -2.47. The van der Waals surface area contributed by atoms with Crippen LogP contribution in [-0.2, 0) is 19.6 Å². The topological polar surface area (TPSA) is 132 Å². The summed E-state index contributed by atoms with van der Waals surface area (Å²) in [4.78, 5) is 52.1. The molecule has 0 radical (unpaired) electrons. The lowest BCUT2D eigenvalue weighted by Gasteiger charge is -2.34. The van der Waals surface area contributed by atoms with Gasteiger partial charge in [-0.05, 0) is 80.4 Å². The molecule has 5 aromatic rings. The summed E-state index contributed by atoms with van der Waals surface area (Å²) in [6.07, 6.45) is -1.87. The van der Waals surface area contributed by atoms with E-state index in [1.807, 2.05) is 38.1 Å². The first-order valence-corrected chi connectivity index (χ1v) is 17.0. The van der Waals surface area contributed by atoms with E-state index >= 15 is 0 Å². The van der Waals surface area contributed by atoms with Crippen molar-refractivity contribution in [3.8, 4) is 22.7 Å². The number of benzene rings is 3. The zero-order chi connectivity index (χ0) is 37.4. The van der Waals surface area contributed by atoms with Crippen LogP contribution in [0, 0.1) is 6.92 Å². The third-order valence-electron chi connectivity index (χ3n) is 8.96. The fourth-order valence-corrected chi connectivity index (χ4v) is 6.18. The van der Waals surface area contributed by atoms with Gasteiger partial charge in [0.1, 0.15) is 24.4 Å². The van der Waals surface area contributed by atoms with Crippen LogP contribution in [0.4, 0.5) is 13.2 Å². The maximum Gasteiger partial charge on any atom is 0.420 e. The summed E-state index contributed by atoms with van der Waals surface area (Å²) < 4.78 is 48.3. The number of halogens is 4. The van der Waals surface area contributed by atoms with Crippen molar-refractivity contribution in [3.63, 3.8) is 0 Å². The lowest BCUT2D eigenvalue weighted by atomic mass is 10.0. The molecule has 2 amide bonds. The van der Waals surface area contributed by atoms with Crippen LogP contribution in [0.3, 0.4) is 0 Å². The molecule has 3 aromatic carbocycles. The summed E-state index contributed by atoms with van der Waals surface area (Å²) in [6, 6.07) is 19.6. The van der Waals surface area contributed by atoms with Crippen molar-refractivity contribution in [2.45, 2.75) is 58.2 Å². The van der Waals surface area contributed by atoms with Crippen LogP contribution in [0.1, 0.15) is 51.5 Å². The quantitative estimate of drug-likeness (QED) is 0.193. The molecule has 2 atom stereocenters. The van der Waals surface area contributed by atoms with Gasteiger partial charge in [0, 0.05) is 40.9 Å². The number of carbonyl (C=O) groups excluding carboxylic acids is 2. The van der Waals surface area contributed by atoms with Crippen molar-refractivity contribution < 1.29 is 32.6 Å². The van der Waals surface area contributed by atoms with Crippen LogP contribution in [-0.4, -0.2) is 65.3 Å². The molecular formula is C37H34BrF3N6O5. The summed E-state index contributed by atoms with van der Waals surface area (Å²) in [7, 11) is 0. The number of aryl methyl sites for hydroxylation is 1. The summed E-state index contributed by atoms with van der Waals surface area (Å²) in [5.74, 6) is -0.852. The highest BCUT2D eigenvalue weighted by Gasteiger charge is 2.50. The number of nitrogens with zero attached hydrogens (tertiary/aromatic N) is 5. The van der Waals surface area contributed by atoms with Crippen molar-refractivity contribution in [3.05, 3.63) is 128 Å². The number of imidazole rings is 1. The normalized spacial score (nSPS) is 15.5. The van der Waals surface area contributed by atoms with Gasteiger partial charge in [-0.1, -0.05) is 40.2 Å². The van der Waals surface area contributed by atoms with E-state index in [0.29, 0.717) is 23.9 Å². The smallest absolute Gasteiger partial charge is 0.420 e. The zero-order valence-corrected chi connectivity index (χ0v) is 29.9. The molecule has 1 aliphatic heterocycles. The van der Waals surface area contributed by atoms with Crippen LogP contribution in [0.2, 0.25) is 0 Å². The molecule has 0 bridgehead atoms. The summed E-state index contributed by atoms with van der Waals surface area (Å²) in [5.41, 5.74) is 0.435. The molecule has 3 heterocycles. The second-order valence-corrected chi connectivity index (χ2v) is 13.6. The molecule has 0 saturated carbocycles. The lowest BCUT2D eigenvalue weighted by molar-refractivity contribution is -0.260. The Balaban J connectivity index is 1.37. The van der Waals surface area contributed by atoms with Crippen LogP contribution in [0.25, 0.3) is 16.9 Å². The van der Waals surface area contributed by atoms with Gasteiger partial charge in [0.25, 0.3) is 11.8 Å². The number of aromatic nitrogens is 4. The van der Waals surface area contributed by atoms with E-state index < -0.39 is 36.0 Å². The summed E-state index contributed by atoms with van der Waals surface area (Å²) in [6.45, 7) is 3.37. The van der Waals surface area contributed by atoms with Crippen molar-refractivity contribution >= 4 is 27.7 Å². The minimum atomic E-state index is -4.91. The van der Waals surface area contributed by atoms with E-state index in [0.717, 1.165) is 21.2 Å². The molecule has 0 saturated heterocycles. The van der Waals surface area contributed by atoms with E-state index in [-0.39, 0.29) is 42.7 Å². The van der Waals surface area contributed by atoms with Gasteiger partial charge < -0.3 is 20.1 Å². The van der Waals surface area contributed by atoms with Crippen LogP contribution < -0.4 is 15.7 Å². The van der Waals surface area contributed by atoms with Gasteiger partial charge in [0.05, 0.1) is 23.6 Å². The number of nitrogens with one attached hydrogen (secondary N) is 1. The molecule has 11 nitrogen and oxygen atoms in total. The van der Waals surface area contributed by atoms with Gasteiger partial charge >= 0.3 is 11.9 Å². The van der Waals surface area contributed by atoms with E-state index in [2.05, 4.69) is 31.2 Å². The van der Waals surface area contributed by atoms with Crippen LogP contribution >= 0.6 is 15.9 Å². The largest absolute Gasteiger partial charge is 0.490 e. The van der Waals surface area contributed by atoms with Gasteiger partial charge in [0.2, 0.25) is 0 Å². The highest BCUT2D eigenvalue weighted by molar-refractivity contribution is 9.10. The maximum atomic E-state index is 14.3. The minimum absolute atomic E-state index is 0.00474. The molecule has 52 heavy (non-hydrogen) atoms. The Morgan fingerprint density at radius 2 is 1.81 bits per heavy atom. The molecule has 2 N–H and O–H groups in total. The predicted molar refractivity (Wildman–Crippen MR) is 189 cm³/mol. The van der Waals surface area contributed by atoms with Gasteiger partial charge in [-0.3, -0.25) is 18.7 Å². The van der Waals surface area contributed by atoms with Crippen LogP contribution in [0.5, 0.6) is 5.75 Å². The number of fused-ring (bicyclic) bond motifs is 1. The maximum absolute atomic E-state index is 14.3. The molecule has 0 unspecified atom stereocenters. The number of hydrogen-bond donors (Lipinski definition) is 2. The van der Waals surface area contributed by atoms with E-state index in [1.54, 1.807) is 35.4 Å².